The lowest BCUT2D eigenvalue weighted by Gasteiger charge is -2.25. The number of fused-ring (bicyclic) bond motifs is 1. The highest BCUT2D eigenvalue weighted by Gasteiger charge is 2.25. The highest BCUT2D eigenvalue weighted by atomic mass is 32.2. The summed E-state index contributed by atoms with van der Waals surface area (Å²) in [6.45, 7) is 0.812. The second-order valence-corrected chi connectivity index (χ2v) is 4.92. The summed E-state index contributed by atoms with van der Waals surface area (Å²) in [5.74, 6) is 0. The van der Waals surface area contributed by atoms with Gasteiger partial charge in [0.2, 0.25) is 0 Å². The van der Waals surface area contributed by atoms with Crippen LogP contribution in [0.25, 0.3) is 0 Å². The fourth-order valence-corrected chi connectivity index (χ4v) is 2.27. The molecule has 0 spiro atoms. The van der Waals surface area contributed by atoms with Gasteiger partial charge in [-0.05, 0) is 0 Å². The summed E-state index contributed by atoms with van der Waals surface area (Å²) in [7, 11) is -3.66. The minimum absolute atomic E-state index is 0.145. The Balaban J connectivity index is 2.32. The van der Waals surface area contributed by atoms with E-state index in [1.165, 1.54) is 4.31 Å². The minimum Gasteiger partial charge on any atom is -0.392 e. The highest BCUT2D eigenvalue weighted by molar-refractivity contribution is 7.86. The molecule has 0 aliphatic carbocycles. The summed E-state index contributed by atoms with van der Waals surface area (Å²) >= 11 is 0. The maximum atomic E-state index is 11.1. The van der Waals surface area contributed by atoms with E-state index in [2.05, 4.69) is 5.10 Å². The first kappa shape index (κ1) is 10.6. The zero-order valence-electron chi connectivity index (χ0n) is 8.00. The van der Waals surface area contributed by atoms with Gasteiger partial charge in [0.1, 0.15) is 0 Å². The van der Waals surface area contributed by atoms with Crippen molar-refractivity contribution < 1.29 is 13.5 Å². The van der Waals surface area contributed by atoms with Crippen molar-refractivity contribution in [2.75, 3.05) is 6.54 Å². The highest BCUT2D eigenvalue weighted by Crippen LogP contribution is 2.17. The molecule has 0 unspecified atom stereocenters. The van der Waals surface area contributed by atoms with Crippen LogP contribution in [0.2, 0.25) is 0 Å². The summed E-state index contributed by atoms with van der Waals surface area (Å²) in [6.07, 6.45) is 1.54. The molecule has 0 aromatic carbocycles. The van der Waals surface area contributed by atoms with Gasteiger partial charge in [-0.1, -0.05) is 0 Å². The van der Waals surface area contributed by atoms with E-state index in [-0.39, 0.29) is 13.2 Å². The van der Waals surface area contributed by atoms with Gasteiger partial charge in [-0.3, -0.25) is 4.68 Å². The van der Waals surface area contributed by atoms with Crippen molar-refractivity contribution in [1.29, 1.82) is 0 Å². The molecule has 0 radical (unpaired) electrons. The maximum Gasteiger partial charge on any atom is 0.277 e. The molecule has 3 N–H and O–H groups in total. The van der Waals surface area contributed by atoms with Crippen LogP contribution in [-0.4, -0.2) is 34.2 Å². The summed E-state index contributed by atoms with van der Waals surface area (Å²) in [4.78, 5) is 0. The third-order valence-corrected chi connectivity index (χ3v) is 3.48. The molecule has 8 heteroatoms. The van der Waals surface area contributed by atoms with Crippen LogP contribution >= 0.6 is 0 Å². The maximum absolute atomic E-state index is 11.1. The van der Waals surface area contributed by atoms with E-state index in [1.807, 2.05) is 0 Å². The second kappa shape index (κ2) is 3.56. The first-order chi connectivity index (χ1) is 7.02. The molecule has 0 saturated heterocycles. The average Bonchev–Trinajstić information content (AvgIpc) is 2.57. The van der Waals surface area contributed by atoms with Gasteiger partial charge >= 0.3 is 0 Å². The largest absolute Gasteiger partial charge is 0.392 e. The molecule has 0 saturated carbocycles. The number of aliphatic hydroxyl groups is 1. The monoisotopic (exact) mass is 232 g/mol. The van der Waals surface area contributed by atoms with E-state index in [1.54, 1.807) is 10.9 Å². The fourth-order valence-electron chi connectivity index (χ4n) is 1.63. The fraction of sp³-hybridized carbons (Fsp3) is 0.571. The van der Waals surface area contributed by atoms with E-state index in [4.69, 9.17) is 10.2 Å². The van der Waals surface area contributed by atoms with Crippen LogP contribution in [-0.2, 0) is 29.9 Å². The number of nitrogens with two attached hydrogens (primary N) is 1. The summed E-state index contributed by atoms with van der Waals surface area (Å²) < 4.78 is 25.1. The van der Waals surface area contributed by atoms with Crippen LogP contribution in [0.1, 0.15) is 11.3 Å². The van der Waals surface area contributed by atoms with E-state index >= 15 is 0 Å². The van der Waals surface area contributed by atoms with Crippen LogP contribution in [0.4, 0.5) is 0 Å². The van der Waals surface area contributed by atoms with Gasteiger partial charge in [-0.2, -0.15) is 17.8 Å². The summed E-state index contributed by atoms with van der Waals surface area (Å²) in [6, 6.07) is 0. The smallest absolute Gasteiger partial charge is 0.277 e. The summed E-state index contributed by atoms with van der Waals surface area (Å²) in [5.41, 5.74) is 1.35. The molecule has 0 atom stereocenters. The number of hydrogen-bond acceptors (Lipinski definition) is 4. The Morgan fingerprint density at radius 1 is 1.53 bits per heavy atom. The average molecular weight is 232 g/mol. The van der Waals surface area contributed by atoms with Gasteiger partial charge in [-0.25, -0.2) is 5.14 Å². The predicted octanol–water partition coefficient (Wildman–Crippen LogP) is -1.61. The van der Waals surface area contributed by atoms with Crippen LogP contribution < -0.4 is 5.14 Å². The molecule has 15 heavy (non-hydrogen) atoms. The SMILES string of the molecule is NS(=O)(=O)N1CCn2ncc(CO)c2C1. The third kappa shape index (κ3) is 1.88. The minimum atomic E-state index is -3.66. The van der Waals surface area contributed by atoms with Crippen LogP contribution in [0.5, 0.6) is 0 Å². The Bertz CT molecular complexity index is 453. The number of hydrogen-bond donors (Lipinski definition) is 2. The molecule has 0 amide bonds. The predicted molar refractivity (Wildman–Crippen MR) is 51.7 cm³/mol. The van der Waals surface area contributed by atoms with Gasteiger partial charge in [0.05, 0.1) is 31.6 Å². The van der Waals surface area contributed by atoms with Gasteiger partial charge in [0.25, 0.3) is 10.2 Å². The number of nitrogens with zero attached hydrogens (tertiary/aromatic N) is 3. The third-order valence-electron chi connectivity index (χ3n) is 2.45. The van der Waals surface area contributed by atoms with Crippen molar-refractivity contribution in [3.05, 3.63) is 17.5 Å². The molecule has 1 aromatic heterocycles. The first-order valence-corrected chi connectivity index (χ1v) is 5.95. The zero-order chi connectivity index (χ0) is 11.1. The van der Waals surface area contributed by atoms with Crippen molar-refractivity contribution >= 4 is 10.2 Å². The molecular weight excluding hydrogens is 220 g/mol. The van der Waals surface area contributed by atoms with E-state index in [9.17, 15) is 8.42 Å². The lowest BCUT2D eigenvalue weighted by atomic mass is 10.2. The van der Waals surface area contributed by atoms with Crippen LogP contribution in [0.15, 0.2) is 6.20 Å². The van der Waals surface area contributed by atoms with Crippen molar-refractivity contribution in [2.24, 2.45) is 5.14 Å². The summed E-state index contributed by atoms with van der Waals surface area (Å²) in [5, 5.41) is 18.1. The first-order valence-electron chi connectivity index (χ1n) is 4.44. The lowest BCUT2D eigenvalue weighted by Crippen LogP contribution is -2.42. The molecule has 84 valence electrons. The lowest BCUT2D eigenvalue weighted by molar-refractivity contribution is 0.273. The van der Waals surface area contributed by atoms with E-state index < -0.39 is 10.2 Å². The molecule has 1 aliphatic heterocycles. The van der Waals surface area contributed by atoms with Crippen molar-refractivity contribution in [1.82, 2.24) is 14.1 Å². The van der Waals surface area contributed by atoms with Crippen LogP contribution in [0.3, 0.4) is 0 Å². The molecular formula is C7H12N4O3S. The quantitative estimate of drug-likeness (QED) is 0.640. The number of rotatable bonds is 2. The number of aromatic nitrogens is 2. The Kier molecular flexibility index (Phi) is 2.51. The van der Waals surface area contributed by atoms with Gasteiger partial charge in [-0.15, -0.1) is 0 Å². The van der Waals surface area contributed by atoms with E-state index in [0.717, 1.165) is 0 Å². The Morgan fingerprint density at radius 3 is 2.87 bits per heavy atom. The topological polar surface area (TPSA) is 101 Å². The Morgan fingerprint density at radius 2 is 2.27 bits per heavy atom. The van der Waals surface area contributed by atoms with Gasteiger partial charge < -0.3 is 5.11 Å². The van der Waals surface area contributed by atoms with E-state index in [0.29, 0.717) is 24.3 Å². The van der Waals surface area contributed by atoms with Crippen molar-refractivity contribution in [2.45, 2.75) is 19.7 Å². The normalized spacial score (nSPS) is 17.7. The molecule has 0 fully saturated rings. The number of aliphatic hydroxyl groups excluding tert-OH is 1. The molecule has 2 heterocycles. The zero-order valence-corrected chi connectivity index (χ0v) is 8.81. The van der Waals surface area contributed by atoms with Crippen molar-refractivity contribution in [3.8, 4) is 0 Å². The molecule has 2 rings (SSSR count). The molecule has 0 bridgehead atoms. The second-order valence-electron chi connectivity index (χ2n) is 3.38. The molecule has 7 nitrogen and oxygen atoms in total. The van der Waals surface area contributed by atoms with Gasteiger partial charge in [0.15, 0.2) is 0 Å². The molecule has 1 aliphatic rings. The molecule has 1 aromatic rings. The standard InChI is InChI=1S/C7H12N4O3S/c8-15(13,14)10-1-2-11-7(4-10)6(5-12)3-9-11/h3,12H,1-2,4-5H2,(H2,8,13,14). The Hall–Kier alpha value is -0.960. The van der Waals surface area contributed by atoms with Crippen molar-refractivity contribution in [3.63, 3.8) is 0 Å². The Labute approximate surface area is 87.3 Å². The van der Waals surface area contributed by atoms with Gasteiger partial charge in [0, 0.05) is 12.1 Å². The van der Waals surface area contributed by atoms with Crippen LogP contribution in [0, 0.1) is 0 Å².